The number of aryl methyl sites for hydroxylation is 1. The monoisotopic (exact) mass is 269 g/mol. The number of anilines is 1. The summed E-state index contributed by atoms with van der Waals surface area (Å²) in [6.07, 6.45) is 1.79. The van der Waals surface area contributed by atoms with Gasteiger partial charge in [0.1, 0.15) is 0 Å². The minimum Gasteiger partial charge on any atom is -0.393 e. The van der Waals surface area contributed by atoms with E-state index >= 15 is 0 Å². The molecule has 1 aromatic carbocycles. The Labute approximate surface area is 111 Å². The first kappa shape index (κ1) is 14.7. The van der Waals surface area contributed by atoms with Crippen LogP contribution in [0.4, 0.5) is 5.69 Å². The Morgan fingerprint density at radius 3 is 2.39 bits per heavy atom. The van der Waals surface area contributed by atoms with Gasteiger partial charge in [-0.25, -0.2) is 0 Å². The van der Waals surface area contributed by atoms with Gasteiger partial charge in [-0.3, -0.25) is 0 Å². The predicted molar refractivity (Wildman–Crippen MR) is 68.6 cm³/mol. The number of hydrogen-bond donors (Lipinski definition) is 1. The van der Waals surface area contributed by atoms with E-state index in [-0.39, 0.29) is 12.3 Å². The average Bonchev–Trinajstić information content (AvgIpc) is 2.32. The van der Waals surface area contributed by atoms with Gasteiger partial charge in [-0.05, 0) is 37.5 Å². The van der Waals surface area contributed by atoms with Gasteiger partial charge < -0.3 is 10.0 Å². The fourth-order valence-electron chi connectivity index (χ4n) is 1.98. The number of halogens is 1. The molecule has 4 nitrogen and oxygen atoms in total. The summed E-state index contributed by atoms with van der Waals surface area (Å²) in [6.45, 7) is 3.82. The SMILES string of the molecule is Cc1ccc(N2CCC(O)CC2)c(Cl)c1.O=C=O. The second-order valence-corrected chi connectivity index (χ2v) is 4.66. The summed E-state index contributed by atoms with van der Waals surface area (Å²) in [5.41, 5.74) is 2.27. The molecule has 0 radical (unpaired) electrons. The summed E-state index contributed by atoms with van der Waals surface area (Å²) >= 11 is 6.20. The fraction of sp³-hybridized carbons (Fsp3) is 0.462. The lowest BCUT2D eigenvalue weighted by molar-refractivity contribution is -0.191. The average molecular weight is 270 g/mol. The van der Waals surface area contributed by atoms with Gasteiger partial charge in [0.25, 0.3) is 0 Å². The van der Waals surface area contributed by atoms with E-state index in [9.17, 15) is 5.11 Å². The maximum Gasteiger partial charge on any atom is 0.373 e. The Balaban J connectivity index is 0.000000492. The molecule has 0 aromatic heterocycles. The van der Waals surface area contributed by atoms with Crippen LogP contribution in [0.15, 0.2) is 18.2 Å². The largest absolute Gasteiger partial charge is 0.393 e. The molecule has 0 atom stereocenters. The highest BCUT2D eigenvalue weighted by atomic mass is 35.5. The van der Waals surface area contributed by atoms with Crippen molar-refractivity contribution in [1.29, 1.82) is 0 Å². The van der Waals surface area contributed by atoms with Gasteiger partial charge in [0.15, 0.2) is 0 Å². The van der Waals surface area contributed by atoms with Crippen molar-refractivity contribution in [3.8, 4) is 0 Å². The van der Waals surface area contributed by atoms with Crippen molar-refractivity contribution in [2.75, 3.05) is 18.0 Å². The minimum atomic E-state index is -0.134. The lowest BCUT2D eigenvalue weighted by Crippen LogP contribution is -2.35. The number of aliphatic hydroxyl groups is 1. The second kappa shape index (κ2) is 7.17. The highest BCUT2D eigenvalue weighted by Gasteiger charge is 2.18. The van der Waals surface area contributed by atoms with Gasteiger partial charge >= 0.3 is 6.15 Å². The Morgan fingerprint density at radius 2 is 1.89 bits per heavy atom. The summed E-state index contributed by atoms with van der Waals surface area (Å²) in [4.78, 5) is 18.5. The number of aliphatic hydroxyl groups excluding tert-OH is 1. The van der Waals surface area contributed by atoms with E-state index < -0.39 is 0 Å². The van der Waals surface area contributed by atoms with E-state index in [4.69, 9.17) is 21.2 Å². The van der Waals surface area contributed by atoms with Crippen LogP contribution in [0.3, 0.4) is 0 Å². The van der Waals surface area contributed by atoms with Gasteiger partial charge in [0.2, 0.25) is 0 Å². The molecular formula is C13H16ClNO3. The Kier molecular flexibility index (Phi) is 5.86. The number of carbonyl (C=O) groups excluding carboxylic acids is 2. The molecule has 0 saturated carbocycles. The lowest BCUT2D eigenvalue weighted by Gasteiger charge is -2.32. The van der Waals surface area contributed by atoms with Crippen LogP contribution in [-0.2, 0) is 9.59 Å². The van der Waals surface area contributed by atoms with Gasteiger partial charge in [-0.15, -0.1) is 0 Å². The van der Waals surface area contributed by atoms with E-state index in [1.54, 1.807) is 0 Å². The van der Waals surface area contributed by atoms with Crippen LogP contribution in [0.1, 0.15) is 18.4 Å². The molecule has 5 heteroatoms. The molecular weight excluding hydrogens is 254 g/mol. The first-order chi connectivity index (χ1) is 8.58. The van der Waals surface area contributed by atoms with Crippen LogP contribution < -0.4 is 4.90 Å². The minimum absolute atomic E-state index is 0.134. The topological polar surface area (TPSA) is 57.6 Å². The molecule has 1 aliphatic heterocycles. The molecule has 0 unspecified atom stereocenters. The zero-order chi connectivity index (χ0) is 13.5. The lowest BCUT2D eigenvalue weighted by atomic mass is 10.1. The maximum atomic E-state index is 9.43. The number of benzene rings is 1. The van der Waals surface area contributed by atoms with Crippen LogP contribution in [-0.4, -0.2) is 30.5 Å². The molecule has 0 amide bonds. The molecule has 1 N–H and O–H groups in total. The van der Waals surface area contributed by atoms with Gasteiger partial charge in [-0.2, -0.15) is 9.59 Å². The molecule has 98 valence electrons. The van der Waals surface area contributed by atoms with E-state index in [0.717, 1.165) is 36.6 Å². The van der Waals surface area contributed by atoms with Crippen LogP contribution in [0, 0.1) is 6.92 Å². The first-order valence-electron chi connectivity index (χ1n) is 5.77. The number of rotatable bonds is 1. The molecule has 1 fully saturated rings. The highest BCUT2D eigenvalue weighted by molar-refractivity contribution is 6.33. The Bertz CT molecular complexity index is 422. The van der Waals surface area contributed by atoms with Crippen molar-refractivity contribution >= 4 is 23.4 Å². The van der Waals surface area contributed by atoms with Crippen LogP contribution in [0.5, 0.6) is 0 Å². The zero-order valence-electron chi connectivity index (χ0n) is 10.2. The molecule has 1 aliphatic rings. The summed E-state index contributed by atoms with van der Waals surface area (Å²) in [5.74, 6) is 0. The van der Waals surface area contributed by atoms with Gasteiger partial charge in [-0.1, -0.05) is 17.7 Å². The maximum absolute atomic E-state index is 9.43. The molecule has 0 spiro atoms. The molecule has 0 aliphatic carbocycles. The second-order valence-electron chi connectivity index (χ2n) is 4.26. The third-order valence-electron chi connectivity index (χ3n) is 2.91. The summed E-state index contributed by atoms with van der Waals surface area (Å²) in [7, 11) is 0. The van der Waals surface area contributed by atoms with Crippen molar-refractivity contribution < 1.29 is 14.7 Å². The van der Waals surface area contributed by atoms with E-state index in [1.807, 2.05) is 13.0 Å². The van der Waals surface area contributed by atoms with Crippen molar-refractivity contribution in [3.05, 3.63) is 28.8 Å². The van der Waals surface area contributed by atoms with E-state index in [2.05, 4.69) is 17.0 Å². The van der Waals surface area contributed by atoms with Crippen LogP contribution in [0.25, 0.3) is 0 Å². The molecule has 0 bridgehead atoms. The quantitative estimate of drug-likeness (QED) is 0.847. The summed E-state index contributed by atoms with van der Waals surface area (Å²) in [5, 5.41) is 10.2. The number of nitrogens with zero attached hydrogens (tertiary/aromatic N) is 1. The highest BCUT2D eigenvalue weighted by Crippen LogP contribution is 2.28. The smallest absolute Gasteiger partial charge is 0.373 e. The normalized spacial score (nSPS) is 15.6. The summed E-state index contributed by atoms with van der Waals surface area (Å²) in [6, 6.07) is 6.13. The van der Waals surface area contributed by atoms with Crippen molar-refractivity contribution in [2.45, 2.75) is 25.9 Å². The third-order valence-corrected chi connectivity index (χ3v) is 3.21. The van der Waals surface area contributed by atoms with Gasteiger partial charge in [0, 0.05) is 13.1 Å². The van der Waals surface area contributed by atoms with Crippen molar-refractivity contribution in [3.63, 3.8) is 0 Å². The molecule has 1 saturated heterocycles. The fourth-order valence-corrected chi connectivity index (χ4v) is 2.33. The molecule has 1 aromatic rings. The zero-order valence-corrected chi connectivity index (χ0v) is 11.0. The third kappa shape index (κ3) is 4.15. The molecule has 1 heterocycles. The first-order valence-corrected chi connectivity index (χ1v) is 6.14. The number of piperidine rings is 1. The van der Waals surface area contributed by atoms with Crippen LogP contribution >= 0.6 is 11.6 Å². The predicted octanol–water partition coefficient (Wildman–Crippen LogP) is 2.03. The number of hydrogen-bond acceptors (Lipinski definition) is 4. The standard InChI is InChI=1S/C12H16ClNO.CO2/c1-9-2-3-12(11(13)8-9)14-6-4-10(15)5-7-14;2-1-3/h2-3,8,10,15H,4-7H2,1H3;. The van der Waals surface area contributed by atoms with Gasteiger partial charge in [0.05, 0.1) is 16.8 Å². The van der Waals surface area contributed by atoms with Crippen molar-refractivity contribution in [1.82, 2.24) is 0 Å². The van der Waals surface area contributed by atoms with E-state index in [1.165, 1.54) is 5.56 Å². The van der Waals surface area contributed by atoms with Crippen molar-refractivity contribution in [2.24, 2.45) is 0 Å². The Hall–Kier alpha value is -1.35. The molecule has 18 heavy (non-hydrogen) atoms. The van der Waals surface area contributed by atoms with Crippen LogP contribution in [0.2, 0.25) is 5.02 Å². The van der Waals surface area contributed by atoms with E-state index in [0.29, 0.717) is 0 Å². The summed E-state index contributed by atoms with van der Waals surface area (Å²) < 4.78 is 0. The Morgan fingerprint density at radius 1 is 1.33 bits per heavy atom. The molecule has 2 rings (SSSR count).